The van der Waals surface area contributed by atoms with Crippen LogP contribution in [0.5, 0.6) is 0 Å². The van der Waals surface area contributed by atoms with Gasteiger partial charge in [0, 0.05) is 42.9 Å². The van der Waals surface area contributed by atoms with Gasteiger partial charge in [-0.25, -0.2) is 9.84 Å². The van der Waals surface area contributed by atoms with Crippen molar-refractivity contribution in [2.24, 2.45) is 10.4 Å². The summed E-state index contributed by atoms with van der Waals surface area (Å²) >= 11 is 4.24. The number of nitrogens with one attached hydrogen (secondary N) is 2. The number of hydrogen-bond donors (Lipinski definition) is 2. The van der Waals surface area contributed by atoms with E-state index in [1.165, 1.54) is 0 Å². The van der Waals surface area contributed by atoms with Crippen LogP contribution >= 0.6 is 37.2 Å². The highest BCUT2D eigenvalue weighted by Crippen LogP contribution is 2.22. The Bertz CT molecular complexity index is 562. The molecule has 23 heavy (non-hydrogen) atoms. The summed E-state index contributed by atoms with van der Waals surface area (Å²) in [4.78, 5) is 7.82. The van der Waals surface area contributed by atoms with Gasteiger partial charge in [0.15, 0.2) is 11.9 Å². The molecule has 1 aromatic carbocycles. The van der Waals surface area contributed by atoms with Gasteiger partial charge in [-0.05, 0) is 24.5 Å². The van der Waals surface area contributed by atoms with Crippen molar-refractivity contribution in [1.29, 1.82) is 5.26 Å². The van der Waals surface area contributed by atoms with Crippen molar-refractivity contribution >= 4 is 54.6 Å². The molecule has 126 valence electrons. The average molecular weight is 539 g/mol. The van der Waals surface area contributed by atoms with Gasteiger partial charge in [-0.1, -0.05) is 40.3 Å². The standard InChI is InChI=1S/C15H19N5.CH4.I2/c1-11(15(2,3)4)19-14(18-10-16)20-13-8-6-12(17-5)7-9-13;;1-2/h6-9,11H,1-4H3,(H2,18,19,20);1H4;. The molecule has 0 heterocycles. The van der Waals surface area contributed by atoms with Crippen molar-refractivity contribution in [3.8, 4) is 6.19 Å². The molecule has 0 amide bonds. The number of halogens is 2. The van der Waals surface area contributed by atoms with Gasteiger partial charge in [0.05, 0.1) is 12.6 Å². The summed E-state index contributed by atoms with van der Waals surface area (Å²) in [5.74, 6) is 0.408. The minimum atomic E-state index is 0. The Labute approximate surface area is 163 Å². The van der Waals surface area contributed by atoms with Crippen molar-refractivity contribution in [3.05, 3.63) is 35.7 Å². The molecule has 0 saturated carbocycles. The SMILES string of the molecule is C.II.[C-]#[N+]c1ccc(NC(=NC(C)C(C)(C)C)NC#N)cc1. The molecule has 0 spiro atoms. The molecule has 0 aromatic heterocycles. The van der Waals surface area contributed by atoms with Gasteiger partial charge >= 0.3 is 0 Å². The molecule has 0 bridgehead atoms. The smallest absolute Gasteiger partial charge is 0.209 e. The van der Waals surface area contributed by atoms with Gasteiger partial charge in [-0.2, -0.15) is 5.26 Å². The summed E-state index contributed by atoms with van der Waals surface area (Å²) in [6.45, 7) is 15.2. The van der Waals surface area contributed by atoms with E-state index in [9.17, 15) is 0 Å². The predicted molar refractivity (Wildman–Crippen MR) is 116 cm³/mol. The second-order valence-corrected chi connectivity index (χ2v) is 5.54. The Morgan fingerprint density at radius 1 is 1.30 bits per heavy atom. The van der Waals surface area contributed by atoms with E-state index in [4.69, 9.17) is 11.8 Å². The third-order valence-electron chi connectivity index (χ3n) is 3.01. The minimum absolute atomic E-state index is 0. The van der Waals surface area contributed by atoms with Gasteiger partial charge < -0.3 is 5.32 Å². The first-order valence-electron chi connectivity index (χ1n) is 6.48. The summed E-state index contributed by atoms with van der Waals surface area (Å²) in [6, 6.07) is 7.04. The number of guanidine groups is 1. The van der Waals surface area contributed by atoms with Crippen molar-refractivity contribution in [2.75, 3.05) is 5.32 Å². The topological polar surface area (TPSA) is 64.6 Å². The van der Waals surface area contributed by atoms with E-state index in [0.29, 0.717) is 11.6 Å². The van der Waals surface area contributed by atoms with Crippen LogP contribution in [-0.2, 0) is 0 Å². The molecule has 0 saturated heterocycles. The molecule has 1 unspecified atom stereocenters. The molecule has 0 radical (unpaired) electrons. The molecular formula is C16H23I2N5. The highest BCUT2D eigenvalue weighted by atomic mass is 128. The monoisotopic (exact) mass is 539 g/mol. The van der Waals surface area contributed by atoms with Crippen LogP contribution < -0.4 is 10.6 Å². The lowest BCUT2D eigenvalue weighted by Crippen LogP contribution is -2.31. The van der Waals surface area contributed by atoms with E-state index < -0.39 is 0 Å². The fraction of sp³-hybridized carbons (Fsp3) is 0.438. The zero-order valence-electron chi connectivity index (χ0n) is 13.0. The summed E-state index contributed by atoms with van der Waals surface area (Å²) in [5.41, 5.74) is 1.36. The second kappa shape index (κ2) is 12.4. The molecule has 0 aliphatic carbocycles. The highest BCUT2D eigenvalue weighted by Gasteiger charge is 2.19. The maximum atomic E-state index is 8.79. The Morgan fingerprint density at radius 3 is 2.22 bits per heavy atom. The lowest BCUT2D eigenvalue weighted by atomic mass is 9.88. The number of benzene rings is 1. The number of nitrogens with zero attached hydrogens (tertiary/aromatic N) is 3. The third kappa shape index (κ3) is 9.61. The summed E-state index contributed by atoms with van der Waals surface area (Å²) < 4.78 is 0. The van der Waals surface area contributed by atoms with E-state index in [2.05, 4.69) is 78.5 Å². The molecule has 1 aromatic rings. The van der Waals surface area contributed by atoms with Gasteiger partial charge in [-0.15, -0.1) is 0 Å². The summed E-state index contributed by atoms with van der Waals surface area (Å²) in [6.07, 6.45) is 1.88. The van der Waals surface area contributed by atoms with Crippen LogP contribution in [0, 0.1) is 23.4 Å². The van der Waals surface area contributed by atoms with Crippen LogP contribution in [0.1, 0.15) is 35.1 Å². The van der Waals surface area contributed by atoms with Gasteiger partial charge in [0.2, 0.25) is 5.96 Å². The molecular weight excluding hydrogens is 516 g/mol. The van der Waals surface area contributed by atoms with Crippen molar-refractivity contribution in [3.63, 3.8) is 0 Å². The molecule has 7 heteroatoms. The first kappa shape index (κ1) is 24.2. The molecule has 2 N–H and O–H groups in total. The first-order chi connectivity index (χ1) is 10.4. The number of aliphatic imine (C=N–C) groups is 1. The van der Waals surface area contributed by atoms with Gasteiger partial charge in [0.25, 0.3) is 0 Å². The van der Waals surface area contributed by atoms with Crippen LogP contribution in [0.15, 0.2) is 29.3 Å². The Morgan fingerprint density at radius 2 is 1.83 bits per heavy atom. The van der Waals surface area contributed by atoms with E-state index in [1.54, 1.807) is 24.3 Å². The predicted octanol–water partition coefficient (Wildman–Crippen LogP) is 5.92. The highest BCUT2D eigenvalue weighted by molar-refractivity contribution is 15.0. The largest absolute Gasteiger partial charge is 0.326 e. The number of rotatable bonds is 2. The Balaban J connectivity index is 0. The average Bonchev–Trinajstić information content (AvgIpc) is 2.49. The Kier molecular flexibility index (Phi) is 13.0. The van der Waals surface area contributed by atoms with Crippen molar-refractivity contribution in [2.45, 2.75) is 41.2 Å². The molecule has 1 atom stereocenters. The van der Waals surface area contributed by atoms with E-state index >= 15 is 0 Å². The zero-order valence-corrected chi connectivity index (χ0v) is 17.3. The molecule has 1 rings (SSSR count). The van der Waals surface area contributed by atoms with Crippen molar-refractivity contribution < 1.29 is 0 Å². The maximum Gasteiger partial charge on any atom is 0.209 e. The normalized spacial score (nSPS) is 11.6. The van der Waals surface area contributed by atoms with E-state index in [1.807, 2.05) is 13.1 Å². The van der Waals surface area contributed by atoms with Crippen LogP contribution in [-0.4, -0.2) is 12.0 Å². The minimum Gasteiger partial charge on any atom is -0.326 e. The van der Waals surface area contributed by atoms with Crippen LogP contribution in [0.3, 0.4) is 0 Å². The van der Waals surface area contributed by atoms with Crippen LogP contribution in [0.2, 0.25) is 0 Å². The van der Waals surface area contributed by atoms with E-state index in [-0.39, 0.29) is 18.9 Å². The van der Waals surface area contributed by atoms with Gasteiger partial charge in [0.1, 0.15) is 0 Å². The summed E-state index contributed by atoms with van der Waals surface area (Å²) in [7, 11) is 0. The second-order valence-electron chi connectivity index (χ2n) is 5.54. The lowest BCUT2D eigenvalue weighted by Gasteiger charge is -2.24. The third-order valence-corrected chi connectivity index (χ3v) is 3.01. The molecule has 0 fully saturated rings. The molecule has 0 aliphatic rings. The fourth-order valence-electron chi connectivity index (χ4n) is 1.29. The van der Waals surface area contributed by atoms with Crippen LogP contribution in [0.25, 0.3) is 4.85 Å². The first-order valence-corrected chi connectivity index (χ1v) is 12.8. The number of nitriles is 1. The summed E-state index contributed by atoms with van der Waals surface area (Å²) in [5, 5.41) is 14.4. The fourth-order valence-corrected chi connectivity index (χ4v) is 1.29. The number of hydrogen-bond acceptors (Lipinski definition) is 2. The molecule has 0 aliphatic heterocycles. The number of anilines is 1. The quantitative estimate of drug-likeness (QED) is 0.123. The van der Waals surface area contributed by atoms with E-state index in [0.717, 1.165) is 5.69 Å². The maximum absolute atomic E-state index is 8.79. The van der Waals surface area contributed by atoms with Gasteiger partial charge in [-0.3, -0.25) is 5.32 Å². The lowest BCUT2D eigenvalue weighted by molar-refractivity contribution is 0.341. The van der Waals surface area contributed by atoms with Crippen LogP contribution in [0.4, 0.5) is 11.4 Å². The zero-order chi connectivity index (χ0) is 17.2. The Hall–Kier alpha value is -1.07. The van der Waals surface area contributed by atoms with Crippen molar-refractivity contribution in [1.82, 2.24) is 5.32 Å². The molecule has 5 nitrogen and oxygen atoms in total.